The molecule has 0 saturated carbocycles. The van der Waals surface area contributed by atoms with Crippen LogP contribution in [0.2, 0.25) is 0 Å². The van der Waals surface area contributed by atoms with Crippen molar-refractivity contribution in [3.05, 3.63) is 0 Å². The van der Waals surface area contributed by atoms with E-state index in [9.17, 15) is 0 Å². The fourth-order valence-electron chi connectivity index (χ4n) is 3.32. The van der Waals surface area contributed by atoms with Crippen molar-refractivity contribution >= 4 is 0 Å². The van der Waals surface area contributed by atoms with Gasteiger partial charge in [0.15, 0.2) is 0 Å². The zero-order valence-corrected chi connectivity index (χ0v) is 11.8. The molecule has 2 fully saturated rings. The summed E-state index contributed by atoms with van der Waals surface area (Å²) in [6.07, 6.45) is 5.39. The molecule has 0 radical (unpaired) electrons. The third kappa shape index (κ3) is 3.67. The summed E-state index contributed by atoms with van der Waals surface area (Å²) in [7, 11) is 4.43. The van der Waals surface area contributed by atoms with Gasteiger partial charge in [0.2, 0.25) is 0 Å². The van der Waals surface area contributed by atoms with Crippen LogP contribution in [0.15, 0.2) is 0 Å². The van der Waals surface area contributed by atoms with Gasteiger partial charge in [-0.2, -0.15) is 0 Å². The first-order chi connectivity index (χ1) is 8.09. The first-order valence-corrected chi connectivity index (χ1v) is 7.19. The topological polar surface area (TPSA) is 18.5 Å². The van der Waals surface area contributed by atoms with Gasteiger partial charge >= 0.3 is 0 Å². The van der Waals surface area contributed by atoms with Crippen molar-refractivity contribution in [2.45, 2.75) is 38.6 Å². The average molecular weight is 239 g/mol. The fraction of sp³-hybridized carbons (Fsp3) is 1.00. The van der Waals surface area contributed by atoms with E-state index in [4.69, 9.17) is 0 Å². The van der Waals surface area contributed by atoms with E-state index in [1.807, 2.05) is 0 Å². The van der Waals surface area contributed by atoms with Crippen LogP contribution in [-0.2, 0) is 0 Å². The van der Waals surface area contributed by atoms with E-state index in [2.05, 4.69) is 36.1 Å². The highest BCUT2D eigenvalue weighted by Gasteiger charge is 2.30. The molecule has 0 atom stereocenters. The molecule has 17 heavy (non-hydrogen) atoms. The Kier molecular flexibility index (Phi) is 4.45. The fourth-order valence-corrected chi connectivity index (χ4v) is 3.32. The Hall–Kier alpha value is -0.120. The molecule has 0 unspecified atom stereocenters. The van der Waals surface area contributed by atoms with Gasteiger partial charge in [0.25, 0.3) is 0 Å². The molecule has 0 spiro atoms. The van der Waals surface area contributed by atoms with Crippen molar-refractivity contribution in [2.24, 2.45) is 5.41 Å². The lowest BCUT2D eigenvalue weighted by atomic mass is 9.80. The van der Waals surface area contributed by atoms with Crippen LogP contribution in [-0.4, -0.2) is 62.7 Å². The quantitative estimate of drug-likeness (QED) is 0.803. The molecule has 2 rings (SSSR count). The molecule has 0 bridgehead atoms. The number of hydrogen-bond donors (Lipinski definition) is 1. The van der Waals surface area contributed by atoms with Gasteiger partial charge in [-0.15, -0.1) is 0 Å². The summed E-state index contributed by atoms with van der Waals surface area (Å²) >= 11 is 0. The number of piperidine rings is 2. The van der Waals surface area contributed by atoms with E-state index >= 15 is 0 Å². The van der Waals surface area contributed by atoms with Crippen LogP contribution < -0.4 is 5.32 Å². The first kappa shape index (κ1) is 13.3. The molecule has 0 aromatic heterocycles. The lowest BCUT2D eigenvalue weighted by Crippen LogP contribution is -2.48. The normalized spacial score (nSPS) is 27.5. The Bertz CT molecular complexity index is 226. The lowest BCUT2D eigenvalue weighted by molar-refractivity contribution is 0.0845. The van der Waals surface area contributed by atoms with Crippen LogP contribution in [0.3, 0.4) is 0 Å². The maximum atomic E-state index is 3.47. The second-order valence-corrected chi connectivity index (χ2v) is 6.53. The number of hydrogen-bond acceptors (Lipinski definition) is 3. The minimum atomic E-state index is 0.566. The summed E-state index contributed by atoms with van der Waals surface area (Å²) in [5.41, 5.74) is 0.566. The molecule has 0 aliphatic carbocycles. The summed E-state index contributed by atoms with van der Waals surface area (Å²) in [6.45, 7) is 8.81. The molecule has 2 aliphatic rings. The SMILES string of the molecule is CN(C)C1CCN(CC2(C)CCNCC2)CC1. The van der Waals surface area contributed by atoms with Crippen LogP contribution in [0.5, 0.6) is 0 Å². The van der Waals surface area contributed by atoms with Gasteiger partial charge in [-0.1, -0.05) is 6.92 Å². The van der Waals surface area contributed by atoms with E-state index in [-0.39, 0.29) is 0 Å². The van der Waals surface area contributed by atoms with Crippen molar-refractivity contribution in [3.63, 3.8) is 0 Å². The largest absolute Gasteiger partial charge is 0.317 e. The minimum absolute atomic E-state index is 0.566. The molecule has 0 aromatic rings. The van der Waals surface area contributed by atoms with Gasteiger partial charge < -0.3 is 15.1 Å². The number of likely N-dealkylation sites (tertiary alicyclic amines) is 1. The molecule has 3 heteroatoms. The summed E-state index contributed by atoms with van der Waals surface area (Å²) in [4.78, 5) is 5.09. The van der Waals surface area contributed by atoms with Gasteiger partial charge in [-0.25, -0.2) is 0 Å². The molecule has 1 N–H and O–H groups in total. The van der Waals surface area contributed by atoms with Gasteiger partial charge in [0.1, 0.15) is 0 Å². The van der Waals surface area contributed by atoms with Crippen LogP contribution >= 0.6 is 0 Å². The monoisotopic (exact) mass is 239 g/mol. The first-order valence-electron chi connectivity index (χ1n) is 7.19. The molecule has 0 aromatic carbocycles. The Balaban J connectivity index is 1.77. The maximum absolute atomic E-state index is 3.47. The smallest absolute Gasteiger partial charge is 0.0113 e. The van der Waals surface area contributed by atoms with E-state index in [1.54, 1.807) is 0 Å². The number of nitrogens with zero attached hydrogens (tertiary/aromatic N) is 2. The second-order valence-electron chi connectivity index (χ2n) is 6.53. The van der Waals surface area contributed by atoms with Crippen LogP contribution in [0.1, 0.15) is 32.6 Å². The molecule has 100 valence electrons. The third-order valence-corrected chi connectivity index (χ3v) is 4.70. The molecular formula is C14H29N3. The lowest BCUT2D eigenvalue weighted by Gasteiger charge is -2.42. The summed E-state index contributed by atoms with van der Waals surface area (Å²) in [5, 5.41) is 3.47. The molecular weight excluding hydrogens is 210 g/mol. The van der Waals surface area contributed by atoms with Gasteiger partial charge in [0, 0.05) is 12.6 Å². The standard InChI is InChI=1S/C14H29N3/c1-14(6-8-15-9-7-14)12-17-10-4-13(5-11-17)16(2)3/h13,15H,4-12H2,1-3H3. The summed E-state index contributed by atoms with van der Waals surface area (Å²) in [6, 6.07) is 0.812. The van der Waals surface area contributed by atoms with Gasteiger partial charge in [0.05, 0.1) is 0 Å². The zero-order chi connectivity index (χ0) is 12.3. The number of nitrogens with one attached hydrogen (secondary N) is 1. The second kappa shape index (κ2) is 5.68. The van der Waals surface area contributed by atoms with Gasteiger partial charge in [-0.05, 0) is 71.4 Å². The Morgan fingerprint density at radius 2 is 1.76 bits per heavy atom. The van der Waals surface area contributed by atoms with Gasteiger partial charge in [-0.3, -0.25) is 0 Å². The maximum Gasteiger partial charge on any atom is 0.0113 e. The van der Waals surface area contributed by atoms with Crippen LogP contribution in [0.4, 0.5) is 0 Å². The third-order valence-electron chi connectivity index (χ3n) is 4.70. The number of rotatable bonds is 3. The van der Waals surface area contributed by atoms with E-state index in [1.165, 1.54) is 58.4 Å². The van der Waals surface area contributed by atoms with E-state index in [0.717, 1.165) is 6.04 Å². The minimum Gasteiger partial charge on any atom is -0.317 e. The summed E-state index contributed by atoms with van der Waals surface area (Å²) in [5.74, 6) is 0. The van der Waals surface area contributed by atoms with Crippen molar-refractivity contribution in [3.8, 4) is 0 Å². The van der Waals surface area contributed by atoms with Crippen molar-refractivity contribution < 1.29 is 0 Å². The predicted molar refractivity (Wildman–Crippen MR) is 73.4 cm³/mol. The van der Waals surface area contributed by atoms with Crippen LogP contribution in [0, 0.1) is 5.41 Å². The molecule has 3 nitrogen and oxygen atoms in total. The molecule has 2 aliphatic heterocycles. The van der Waals surface area contributed by atoms with Crippen molar-refractivity contribution in [1.29, 1.82) is 0 Å². The van der Waals surface area contributed by atoms with Crippen molar-refractivity contribution in [2.75, 3.05) is 46.8 Å². The zero-order valence-electron chi connectivity index (χ0n) is 11.8. The van der Waals surface area contributed by atoms with E-state index < -0.39 is 0 Å². The molecule has 2 saturated heterocycles. The van der Waals surface area contributed by atoms with E-state index in [0.29, 0.717) is 5.41 Å². The van der Waals surface area contributed by atoms with Crippen molar-refractivity contribution in [1.82, 2.24) is 15.1 Å². The highest BCUT2D eigenvalue weighted by Crippen LogP contribution is 2.30. The molecule has 0 amide bonds. The Labute approximate surface area is 107 Å². The Morgan fingerprint density at radius 3 is 2.29 bits per heavy atom. The average Bonchev–Trinajstić information content (AvgIpc) is 2.30. The molecule has 2 heterocycles. The van der Waals surface area contributed by atoms with Crippen LogP contribution in [0.25, 0.3) is 0 Å². The highest BCUT2D eigenvalue weighted by molar-refractivity contribution is 4.86. The Morgan fingerprint density at radius 1 is 1.18 bits per heavy atom. The highest BCUT2D eigenvalue weighted by atomic mass is 15.2. The predicted octanol–water partition coefficient (Wildman–Crippen LogP) is 1.40. The summed E-state index contributed by atoms with van der Waals surface area (Å²) < 4.78 is 0.